The first-order chi connectivity index (χ1) is 13.7. The highest BCUT2D eigenvalue weighted by Gasteiger charge is 2.25. The number of benzene rings is 2. The Kier molecular flexibility index (Phi) is 5.56. The molecule has 4 nitrogen and oxygen atoms in total. The van der Waals surface area contributed by atoms with Gasteiger partial charge in [-0.25, -0.2) is 4.68 Å². The van der Waals surface area contributed by atoms with E-state index < -0.39 is 0 Å². The molecule has 0 saturated carbocycles. The minimum absolute atomic E-state index is 0.0549. The molecule has 0 bridgehead atoms. The normalized spacial score (nSPS) is 15.0. The maximum absolute atomic E-state index is 12.9. The minimum atomic E-state index is 0.0549. The molecule has 1 fully saturated rings. The number of para-hydroxylation sites is 1. The molecule has 2 aromatic carbocycles. The summed E-state index contributed by atoms with van der Waals surface area (Å²) in [6.07, 6.45) is 4.49. The van der Waals surface area contributed by atoms with Crippen LogP contribution in [-0.4, -0.2) is 33.7 Å². The summed E-state index contributed by atoms with van der Waals surface area (Å²) in [5, 5.41) is 4.58. The van der Waals surface area contributed by atoms with Crippen LogP contribution in [0.2, 0.25) is 0 Å². The fourth-order valence-corrected chi connectivity index (χ4v) is 4.01. The number of likely N-dealkylation sites (tertiary alicyclic amines) is 1. The predicted molar refractivity (Wildman–Crippen MR) is 112 cm³/mol. The summed E-state index contributed by atoms with van der Waals surface area (Å²) in [5.74, 6) is 0.757. The average molecular weight is 374 g/mol. The van der Waals surface area contributed by atoms with Crippen LogP contribution in [0.15, 0.2) is 66.7 Å². The zero-order valence-corrected chi connectivity index (χ0v) is 16.4. The van der Waals surface area contributed by atoms with E-state index in [0.717, 1.165) is 43.7 Å². The van der Waals surface area contributed by atoms with Crippen molar-refractivity contribution in [3.05, 3.63) is 83.7 Å². The van der Waals surface area contributed by atoms with Crippen LogP contribution in [0.4, 0.5) is 0 Å². The van der Waals surface area contributed by atoms with Crippen LogP contribution in [-0.2, 0) is 6.42 Å². The van der Waals surface area contributed by atoms with Crippen molar-refractivity contribution in [3.8, 4) is 5.69 Å². The molecule has 2 heterocycles. The van der Waals surface area contributed by atoms with Gasteiger partial charge < -0.3 is 4.90 Å². The number of hydrogen-bond donors (Lipinski definition) is 0. The third kappa shape index (κ3) is 4.16. The molecule has 1 amide bonds. The van der Waals surface area contributed by atoms with Gasteiger partial charge in [-0.05, 0) is 62.3 Å². The van der Waals surface area contributed by atoms with E-state index in [1.165, 1.54) is 12.0 Å². The molecule has 0 N–H and O–H groups in total. The van der Waals surface area contributed by atoms with Gasteiger partial charge >= 0.3 is 0 Å². The first kappa shape index (κ1) is 18.5. The van der Waals surface area contributed by atoms with Crippen molar-refractivity contribution in [2.24, 2.45) is 5.92 Å². The van der Waals surface area contributed by atoms with E-state index in [0.29, 0.717) is 11.6 Å². The first-order valence-electron chi connectivity index (χ1n) is 10.2. The number of amides is 1. The third-order valence-corrected chi connectivity index (χ3v) is 5.69. The Labute approximate surface area is 166 Å². The molecular weight excluding hydrogens is 346 g/mol. The van der Waals surface area contributed by atoms with Crippen molar-refractivity contribution in [2.75, 3.05) is 13.1 Å². The second kappa shape index (κ2) is 8.42. The second-order valence-electron chi connectivity index (χ2n) is 7.68. The van der Waals surface area contributed by atoms with Crippen LogP contribution in [0.5, 0.6) is 0 Å². The molecule has 4 heteroatoms. The number of hydrogen-bond acceptors (Lipinski definition) is 2. The summed E-state index contributed by atoms with van der Waals surface area (Å²) < 4.78 is 1.85. The van der Waals surface area contributed by atoms with Crippen molar-refractivity contribution >= 4 is 5.91 Å². The first-order valence-corrected chi connectivity index (χ1v) is 10.2. The Hall–Kier alpha value is -2.88. The number of carbonyl (C=O) groups excluding carboxylic acids is 1. The van der Waals surface area contributed by atoms with Crippen LogP contribution < -0.4 is 0 Å². The van der Waals surface area contributed by atoms with Crippen LogP contribution in [0.25, 0.3) is 5.69 Å². The Bertz CT molecular complexity index is 910. The predicted octanol–water partition coefficient (Wildman–Crippen LogP) is 4.67. The number of carbonyl (C=O) groups is 1. The Morgan fingerprint density at radius 1 is 1.00 bits per heavy atom. The van der Waals surface area contributed by atoms with Gasteiger partial charge in [-0.1, -0.05) is 48.5 Å². The SMILES string of the molecule is Cc1cc(C(=O)N2CCC(CCc3ccccc3)CC2)nn1-c1ccccc1. The van der Waals surface area contributed by atoms with Crippen LogP contribution >= 0.6 is 0 Å². The highest BCUT2D eigenvalue weighted by atomic mass is 16.2. The molecule has 0 radical (unpaired) electrons. The Morgan fingerprint density at radius 3 is 2.32 bits per heavy atom. The molecule has 1 aliphatic rings. The number of piperidine rings is 1. The van der Waals surface area contributed by atoms with Gasteiger partial charge in [-0.3, -0.25) is 4.79 Å². The highest BCUT2D eigenvalue weighted by Crippen LogP contribution is 2.24. The molecule has 0 atom stereocenters. The molecule has 144 valence electrons. The van der Waals surface area contributed by atoms with Crippen molar-refractivity contribution in [1.82, 2.24) is 14.7 Å². The van der Waals surface area contributed by atoms with Crippen LogP contribution in [0.1, 0.15) is 41.0 Å². The van der Waals surface area contributed by atoms with E-state index in [1.54, 1.807) is 0 Å². The number of nitrogens with zero attached hydrogens (tertiary/aromatic N) is 3. The van der Waals surface area contributed by atoms with Crippen molar-refractivity contribution < 1.29 is 4.79 Å². The van der Waals surface area contributed by atoms with E-state index in [-0.39, 0.29) is 5.91 Å². The highest BCUT2D eigenvalue weighted by molar-refractivity contribution is 5.92. The zero-order valence-electron chi connectivity index (χ0n) is 16.4. The van der Waals surface area contributed by atoms with Gasteiger partial charge in [0.1, 0.15) is 0 Å². The van der Waals surface area contributed by atoms with Crippen molar-refractivity contribution in [1.29, 1.82) is 0 Å². The lowest BCUT2D eigenvalue weighted by Crippen LogP contribution is -2.38. The summed E-state index contributed by atoms with van der Waals surface area (Å²) in [5.41, 5.74) is 3.91. The maximum Gasteiger partial charge on any atom is 0.274 e. The van der Waals surface area contributed by atoms with E-state index in [4.69, 9.17) is 0 Å². The van der Waals surface area contributed by atoms with Gasteiger partial charge in [0, 0.05) is 18.8 Å². The van der Waals surface area contributed by atoms with Crippen LogP contribution in [0.3, 0.4) is 0 Å². The molecule has 0 unspecified atom stereocenters. The van der Waals surface area contributed by atoms with Gasteiger partial charge in [0.15, 0.2) is 5.69 Å². The smallest absolute Gasteiger partial charge is 0.274 e. The standard InChI is InChI=1S/C24H27N3O/c1-19-18-23(25-27(19)22-10-6-3-7-11-22)24(28)26-16-14-21(15-17-26)13-12-20-8-4-2-5-9-20/h2-11,18,21H,12-17H2,1H3. The summed E-state index contributed by atoms with van der Waals surface area (Å²) in [6, 6.07) is 22.5. The van der Waals surface area contributed by atoms with Gasteiger partial charge in [-0.2, -0.15) is 5.10 Å². The quantitative estimate of drug-likeness (QED) is 0.652. The molecule has 3 aromatic rings. The molecule has 4 rings (SSSR count). The van der Waals surface area contributed by atoms with E-state index in [1.807, 2.05) is 52.9 Å². The lowest BCUT2D eigenvalue weighted by molar-refractivity contribution is 0.0680. The Balaban J connectivity index is 1.34. The summed E-state index contributed by atoms with van der Waals surface area (Å²) >= 11 is 0. The third-order valence-electron chi connectivity index (χ3n) is 5.69. The largest absolute Gasteiger partial charge is 0.337 e. The number of rotatable bonds is 5. The summed E-state index contributed by atoms with van der Waals surface area (Å²) in [6.45, 7) is 3.65. The number of aromatic nitrogens is 2. The van der Waals surface area contributed by atoms with E-state index in [9.17, 15) is 4.79 Å². The Morgan fingerprint density at radius 2 is 1.64 bits per heavy atom. The van der Waals surface area contributed by atoms with Gasteiger partial charge in [0.2, 0.25) is 0 Å². The van der Waals surface area contributed by atoms with E-state index >= 15 is 0 Å². The van der Waals surface area contributed by atoms with Gasteiger partial charge in [0.25, 0.3) is 5.91 Å². The van der Waals surface area contributed by atoms with Gasteiger partial charge in [0.05, 0.1) is 5.69 Å². The zero-order chi connectivity index (χ0) is 19.3. The molecule has 1 aliphatic heterocycles. The van der Waals surface area contributed by atoms with Crippen LogP contribution in [0, 0.1) is 12.8 Å². The lowest BCUT2D eigenvalue weighted by Gasteiger charge is -2.31. The topological polar surface area (TPSA) is 38.1 Å². The fourth-order valence-electron chi connectivity index (χ4n) is 4.01. The molecule has 1 aromatic heterocycles. The minimum Gasteiger partial charge on any atom is -0.337 e. The van der Waals surface area contributed by atoms with Crippen molar-refractivity contribution in [2.45, 2.75) is 32.6 Å². The monoisotopic (exact) mass is 373 g/mol. The lowest BCUT2D eigenvalue weighted by atomic mass is 9.90. The molecule has 0 aliphatic carbocycles. The maximum atomic E-state index is 12.9. The van der Waals surface area contributed by atoms with E-state index in [2.05, 4.69) is 35.4 Å². The number of aryl methyl sites for hydroxylation is 2. The van der Waals surface area contributed by atoms with Crippen molar-refractivity contribution in [3.63, 3.8) is 0 Å². The van der Waals surface area contributed by atoms with Gasteiger partial charge in [-0.15, -0.1) is 0 Å². The fraction of sp³-hybridized carbons (Fsp3) is 0.333. The molecular formula is C24H27N3O. The second-order valence-corrected chi connectivity index (χ2v) is 7.68. The summed E-state index contributed by atoms with van der Waals surface area (Å²) in [7, 11) is 0. The summed E-state index contributed by atoms with van der Waals surface area (Å²) in [4.78, 5) is 14.9. The molecule has 0 spiro atoms. The molecule has 1 saturated heterocycles. The average Bonchev–Trinajstić information content (AvgIpc) is 3.15. The molecule has 28 heavy (non-hydrogen) atoms.